The highest BCUT2D eigenvalue weighted by molar-refractivity contribution is 5.30. The van der Waals surface area contributed by atoms with Gasteiger partial charge in [0.05, 0.1) is 6.04 Å². The Hall–Kier alpha value is -1.74. The smallest absolute Gasteiger partial charge is 0.123 e. The molecule has 17 heavy (non-hydrogen) atoms. The van der Waals surface area contributed by atoms with Gasteiger partial charge in [0, 0.05) is 12.4 Å². The number of nitrogens with zero attached hydrogens (tertiary/aromatic N) is 1. The van der Waals surface area contributed by atoms with Crippen LogP contribution in [0.4, 0.5) is 4.39 Å². The van der Waals surface area contributed by atoms with E-state index in [1.807, 2.05) is 24.3 Å². The average molecular weight is 230 g/mol. The van der Waals surface area contributed by atoms with Gasteiger partial charge < -0.3 is 5.32 Å². The Morgan fingerprint density at radius 2 is 1.65 bits per heavy atom. The molecule has 1 N–H and O–H groups in total. The molecule has 88 valence electrons. The molecular weight excluding hydrogens is 215 g/mol. The van der Waals surface area contributed by atoms with E-state index in [9.17, 15) is 4.39 Å². The van der Waals surface area contributed by atoms with Crippen LogP contribution in [0.15, 0.2) is 48.8 Å². The highest BCUT2D eigenvalue weighted by atomic mass is 19.1. The number of hydrogen-bond donors (Lipinski definition) is 1. The van der Waals surface area contributed by atoms with Crippen LogP contribution >= 0.6 is 0 Å². The number of hydrogen-bond acceptors (Lipinski definition) is 2. The van der Waals surface area contributed by atoms with Crippen LogP contribution in [0.25, 0.3) is 0 Å². The van der Waals surface area contributed by atoms with Gasteiger partial charge in [-0.2, -0.15) is 0 Å². The molecule has 0 spiro atoms. The van der Waals surface area contributed by atoms with Gasteiger partial charge in [0.1, 0.15) is 5.82 Å². The molecule has 3 heteroatoms. The van der Waals surface area contributed by atoms with Gasteiger partial charge in [-0.15, -0.1) is 0 Å². The molecule has 0 bridgehead atoms. The molecule has 0 aliphatic heterocycles. The van der Waals surface area contributed by atoms with E-state index in [4.69, 9.17) is 0 Å². The van der Waals surface area contributed by atoms with E-state index in [1.165, 1.54) is 12.1 Å². The summed E-state index contributed by atoms with van der Waals surface area (Å²) in [5.41, 5.74) is 2.19. The summed E-state index contributed by atoms with van der Waals surface area (Å²) in [5, 5.41) is 3.38. The molecule has 2 aromatic rings. The summed E-state index contributed by atoms with van der Waals surface area (Å²) >= 11 is 0. The van der Waals surface area contributed by atoms with Crippen molar-refractivity contribution in [2.75, 3.05) is 6.54 Å². The highest BCUT2D eigenvalue weighted by Gasteiger charge is 2.12. The number of benzene rings is 1. The van der Waals surface area contributed by atoms with Gasteiger partial charge in [0.25, 0.3) is 0 Å². The third kappa shape index (κ3) is 2.88. The van der Waals surface area contributed by atoms with Crippen molar-refractivity contribution in [3.8, 4) is 0 Å². The van der Waals surface area contributed by atoms with Crippen LogP contribution in [-0.2, 0) is 0 Å². The van der Waals surface area contributed by atoms with Crippen LogP contribution in [0.2, 0.25) is 0 Å². The van der Waals surface area contributed by atoms with Gasteiger partial charge in [-0.25, -0.2) is 4.39 Å². The first-order valence-electron chi connectivity index (χ1n) is 5.70. The van der Waals surface area contributed by atoms with E-state index in [1.54, 1.807) is 12.4 Å². The molecule has 0 aliphatic rings. The molecule has 0 amide bonds. The Bertz CT molecular complexity index is 453. The largest absolute Gasteiger partial charge is 0.307 e. The molecule has 1 aromatic carbocycles. The molecule has 0 saturated carbocycles. The second kappa shape index (κ2) is 5.55. The number of pyridine rings is 1. The van der Waals surface area contributed by atoms with Crippen molar-refractivity contribution in [2.24, 2.45) is 0 Å². The van der Waals surface area contributed by atoms with E-state index in [0.29, 0.717) is 0 Å². The molecule has 1 atom stereocenters. The SMILES string of the molecule is CCN[C@@H](c1ccncc1)c1ccc(F)cc1. The number of aromatic nitrogens is 1. The molecule has 0 unspecified atom stereocenters. The van der Waals surface area contributed by atoms with Crippen LogP contribution in [0.1, 0.15) is 24.1 Å². The molecule has 0 fully saturated rings. The van der Waals surface area contributed by atoms with E-state index in [2.05, 4.69) is 17.2 Å². The van der Waals surface area contributed by atoms with Gasteiger partial charge in [0.15, 0.2) is 0 Å². The van der Waals surface area contributed by atoms with Crippen molar-refractivity contribution in [1.82, 2.24) is 10.3 Å². The summed E-state index contributed by atoms with van der Waals surface area (Å²) < 4.78 is 12.9. The summed E-state index contributed by atoms with van der Waals surface area (Å²) in [6.45, 7) is 2.90. The first kappa shape index (κ1) is 11.7. The van der Waals surface area contributed by atoms with Crippen molar-refractivity contribution in [2.45, 2.75) is 13.0 Å². The second-order valence-electron chi connectivity index (χ2n) is 3.82. The molecule has 0 aliphatic carbocycles. The highest BCUT2D eigenvalue weighted by Crippen LogP contribution is 2.21. The Kier molecular flexibility index (Phi) is 3.83. The topological polar surface area (TPSA) is 24.9 Å². The Labute approximate surface area is 101 Å². The van der Waals surface area contributed by atoms with Crippen LogP contribution in [0.3, 0.4) is 0 Å². The first-order chi connectivity index (χ1) is 8.31. The van der Waals surface area contributed by atoms with Crippen molar-refractivity contribution >= 4 is 0 Å². The number of nitrogens with one attached hydrogen (secondary N) is 1. The Balaban J connectivity index is 2.32. The normalized spacial score (nSPS) is 12.4. The molecule has 1 aromatic heterocycles. The fourth-order valence-corrected chi connectivity index (χ4v) is 1.84. The molecular formula is C14H15FN2. The van der Waals surface area contributed by atoms with Gasteiger partial charge in [-0.3, -0.25) is 4.98 Å². The minimum atomic E-state index is -0.210. The fraction of sp³-hybridized carbons (Fsp3) is 0.214. The predicted molar refractivity (Wildman–Crippen MR) is 66.2 cm³/mol. The van der Waals surface area contributed by atoms with Gasteiger partial charge in [-0.1, -0.05) is 19.1 Å². The molecule has 1 heterocycles. The van der Waals surface area contributed by atoms with Crippen molar-refractivity contribution in [3.05, 3.63) is 65.7 Å². The zero-order valence-corrected chi connectivity index (χ0v) is 9.73. The van der Waals surface area contributed by atoms with Crippen molar-refractivity contribution in [1.29, 1.82) is 0 Å². The molecule has 0 radical (unpaired) electrons. The van der Waals surface area contributed by atoms with Crippen LogP contribution in [0, 0.1) is 5.82 Å². The number of halogens is 1. The minimum Gasteiger partial charge on any atom is -0.307 e. The van der Waals surface area contributed by atoms with E-state index < -0.39 is 0 Å². The average Bonchev–Trinajstić information content (AvgIpc) is 2.38. The van der Waals surface area contributed by atoms with E-state index in [-0.39, 0.29) is 11.9 Å². The summed E-state index contributed by atoms with van der Waals surface area (Å²) in [6, 6.07) is 10.6. The molecule has 2 nitrogen and oxygen atoms in total. The zero-order valence-electron chi connectivity index (χ0n) is 9.73. The van der Waals surface area contributed by atoms with Gasteiger partial charge in [0.2, 0.25) is 0 Å². The third-order valence-corrected chi connectivity index (χ3v) is 2.65. The van der Waals surface area contributed by atoms with Gasteiger partial charge >= 0.3 is 0 Å². The maximum Gasteiger partial charge on any atom is 0.123 e. The first-order valence-corrected chi connectivity index (χ1v) is 5.70. The standard InChI is InChI=1S/C14H15FN2/c1-2-17-14(12-7-9-16-10-8-12)11-3-5-13(15)6-4-11/h3-10,14,17H,2H2,1H3/t14-/m1/s1. The van der Waals surface area contributed by atoms with Crippen molar-refractivity contribution < 1.29 is 4.39 Å². The lowest BCUT2D eigenvalue weighted by atomic mass is 10.00. The summed E-state index contributed by atoms with van der Waals surface area (Å²) in [5.74, 6) is -0.210. The lowest BCUT2D eigenvalue weighted by Crippen LogP contribution is -2.21. The maximum absolute atomic E-state index is 12.9. The Morgan fingerprint density at radius 1 is 1.06 bits per heavy atom. The van der Waals surface area contributed by atoms with Gasteiger partial charge in [-0.05, 0) is 41.9 Å². The second-order valence-corrected chi connectivity index (χ2v) is 3.82. The number of rotatable bonds is 4. The predicted octanol–water partition coefficient (Wildman–Crippen LogP) is 2.92. The van der Waals surface area contributed by atoms with Crippen molar-refractivity contribution in [3.63, 3.8) is 0 Å². The van der Waals surface area contributed by atoms with E-state index >= 15 is 0 Å². The maximum atomic E-state index is 12.9. The zero-order chi connectivity index (χ0) is 12.1. The van der Waals surface area contributed by atoms with Crippen LogP contribution in [0.5, 0.6) is 0 Å². The summed E-state index contributed by atoms with van der Waals surface area (Å²) in [6.07, 6.45) is 3.53. The summed E-state index contributed by atoms with van der Waals surface area (Å²) in [4.78, 5) is 4.01. The van der Waals surface area contributed by atoms with Crippen LogP contribution in [-0.4, -0.2) is 11.5 Å². The minimum absolute atomic E-state index is 0.0867. The monoisotopic (exact) mass is 230 g/mol. The van der Waals surface area contributed by atoms with E-state index in [0.717, 1.165) is 17.7 Å². The lowest BCUT2D eigenvalue weighted by molar-refractivity contribution is 0.613. The fourth-order valence-electron chi connectivity index (χ4n) is 1.84. The molecule has 2 rings (SSSR count). The molecule has 0 saturated heterocycles. The Morgan fingerprint density at radius 3 is 2.24 bits per heavy atom. The quantitative estimate of drug-likeness (QED) is 0.873. The third-order valence-electron chi connectivity index (χ3n) is 2.65. The summed E-state index contributed by atoms with van der Waals surface area (Å²) in [7, 11) is 0. The van der Waals surface area contributed by atoms with Crippen LogP contribution < -0.4 is 5.32 Å². The lowest BCUT2D eigenvalue weighted by Gasteiger charge is -2.18.